The summed E-state index contributed by atoms with van der Waals surface area (Å²) in [6, 6.07) is 14.2. The predicted octanol–water partition coefficient (Wildman–Crippen LogP) is 3.55. The highest BCUT2D eigenvalue weighted by atomic mass is 16.5. The molecule has 1 aliphatic rings. The van der Waals surface area contributed by atoms with Gasteiger partial charge in [-0.1, -0.05) is 24.3 Å². The minimum absolute atomic E-state index is 0.687. The number of hydrogen-bond donors (Lipinski definition) is 1. The fourth-order valence-electron chi connectivity index (χ4n) is 2.77. The summed E-state index contributed by atoms with van der Waals surface area (Å²) < 4.78 is 5.40. The van der Waals surface area contributed by atoms with Crippen molar-refractivity contribution < 1.29 is 4.74 Å². The number of benzene rings is 2. The molecule has 1 atom stereocenters. The van der Waals surface area contributed by atoms with Gasteiger partial charge in [0.05, 0.1) is 11.6 Å². The van der Waals surface area contributed by atoms with Crippen molar-refractivity contribution in [3.63, 3.8) is 0 Å². The minimum Gasteiger partial charge on any atom is -0.385 e. The summed E-state index contributed by atoms with van der Waals surface area (Å²) in [5.41, 5.74) is 1.84. The molecule has 2 aromatic carbocycles. The second kappa shape index (κ2) is 5.94. The Balaban J connectivity index is 1.76. The Kier molecular flexibility index (Phi) is 3.85. The lowest BCUT2D eigenvalue weighted by Gasteiger charge is -2.12. The van der Waals surface area contributed by atoms with Crippen LogP contribution in [0, 0.1) is 17.2 Å². The standard InChI is InChI=1S/C17H18N2O/c18-11-14-5-6-17(16-4-2-1-3-15(14)16)19-9-7-13-8-10-20-12-13/h1-6,13,19H,7-10,12H2. The second-order valence-electron chi connectivity index (χ2n) is 5.26. The first-order valence-electron chi connectivity index (χ1n) is 7.12. The Morgan fingerprint density at radius 3 is 2.80 bits per heavy atom. The van der Waals surface area contributed by atoms with Crippen molar-refractivity contribution >= 4 is 16.5 Å². The molecule has 0 aliphatic carbocycles. The van der Waals surface area contributed by atoms with Crippen LogP contribution in [-0.2, 0) is 4.74 Å². The highest BCUT2D eigenvalue weighted by Gasteiger charge is 2.15. The van der Waals surface area contributed by atoms with Crippen molar-refractivity contribution in [1.82, 2.24) is 0 Å². The molecular formula is C17H18N2O. The number of nitriles is 1. The molecule has 0 radical (unpaired) electrons. The Bertz CT molecular complexity index is 639. The van der Waals surface area contributed by atoms with Gasteiger partial charge >= 0.3 is 0 Å². The highest BCUT2D eigenvalue weighted by molar-refractivity contribution is 5.97. The summed E-state index contributed by atoms with van der Waals surface area (Å²) in [5.74, 6) is 0.687. The van der Waals surface area contributed by atoms with Gasteiger partial charge < -0.3 is 10.1 Å². The van der Waals surface area contributed by atoms with Crippen LogP contribution in [0.3, 0.4) is 0 Å². The molecule has 1 N–H and O–H groups in total. The van der Waals surface area contributed by atoms with Crippen molar-refractivity contribution in [3.8, 4) is 6.07 Å². The number of nitrogens with one attached hydrogen (secondary N) is 1. The quantitative estimate of drug-likeness (QED) is 0.920. The first kappa shape index (κ1) is 13.0. The summed E-state index contributed by atoms with van der Waals surface area (Å²) in [4.78, 5) is 0. The van der Waals surface area contributed by atoms with E-state index in [9.17, 15) is 0 Å². The second-order valence-corrected chi connectivity index (χ2v) is 5.26. The fraction of sp³-hybridized carbons (Fsp3) is 0.353. The van der Waals surface area contributed by atoms with Crippen LogP contribution in [0.2, 0.25) is 0 Å². The van der Waals surface area contributed by atoms with Crippen molar-refractivity contribution in [2.75, 3.05) is 25.1 Å². The van der Waals surface area contributed by atoms with Gasteiger partial charge in [0, 0.05) is 36.2 Å². The van der Waals surface area contributed by atoms with Gasteiger partial charge in [-0.3, -0.25) is 0 Å². The summed E-state index contributed by atoms with van der Waals surface area (Å²) in [7, 11) is 0. The molecule has 1 heterocycles. The molecule has 102 valence electrons. The maximum absolute atomic E-state index is 9.16. The lowest BCUT2D eigenvalue weighted by molar-refractivity contribution is 0.185. The number of nitrogens with zero attached hydrogens (tertiary/aromatic N) is 1. The molecule has 2 aromatic rings. The Labute approximate surface area is 119 Å². The third-order valence-corrected chi connectivity index (χ3v) is 3.94. The SMILES string of the molecule is N#Cc1ccc(NCCC2CCOC2)c2ccccc12. The lowest BCUT2D eigenvalue weighted by atomic mass is 10.0. The number of anilines is 1. The van der Waals surface area contributed by atoms with Gasteiger partial charge in [0.25, 0.3) is 0 Å². The molecule has 3 heteroatoms. The molecule has 0 bridgehead atoms. The molecule has 1 fully saturated rings. The zero-order valence-electron chi connectivity index (χ0n) is 11.4. The van der Waals surface area contributed by atoms with E-state index in [1.165, 1.54) is 6.42 Å². The van der Waals surface area contributed by atoms with E-state index in [0.29, 0.717) is 5.92 Å². The Morgan fingerprint density at radius 1 is 1.20 bits per heavy atom. The Morgan fingerprint density at radius 2 is 2.05 bits per heavy atom. The minimum atomic E-state index is 0.687. The molecule has 0 aromatic heterocycles. The lowest BCUT2D eigenvalue weighted by Crippen LogP contribution is -2.09. The first-order chi connectivity index (χ1) is 9.88. The number of rotatable bonds is 4. The number of fused-ring (bicyclic) bond motifs is 1. The average molecular weight is 266 g/mol. The molecule has 20 heavy (non-hydrogen) atoms. The average Bonchev–Trinajstić information content (AvgIpc) is 3.01. The smallest absolute Gasteiger partial charge is 0.0998 e. The number of hydrogen-bond acceptors (Lipinski definition) is 3. The molecule has 0 saturated carbocycles. The van der Waals surface area contributed by atoms with Crippen LogP contribution in [0.5, 0.6) is 0 Å². The first-order valence-corrected chi connectivity index (χ1v) is 7.12. The zero-order chi connectivity index (χ0) is 13.8. The third-order valence-electron chi connectivity index (χ3n) is 3.94. The van der Waals surface area contributed by atoms with Crippen LogP contribution >= 0.6 is 0 Å². The van der Waals surface area contributed by atoms with Gasteiger partial charge in [0.15, 0.2) is 0 Å². The molecule has 3 rings (SSSR count). The van der Waals surface area contributed by atoms with Gasteiger partial charge in [0.1, 0.15) is 0 Å². The van der Waals surface area contributed by atoms with Crippen molar-refractivity contribution in [3.05, 3.63) is 42.0 Å². The monoisotopic (exact) mass is 266 g/mol. The van der Waals surface area contributed by atoms with E-state index in [4.69, 9.17) is 10.00 Å². The van der Waals surface area contributed by atoms with Gasteiger partial charge in [0.2, 0.25) is 0 Å². The van der Waals surface area contributed by atoms with Crippen molar-refractivity contribution in [1.29, 1.82) is 5.26 Å². The molecule has 3 nitrogen and oxygen atoms in total. The van der Waals surface area contributed by atoms with E-state index in [1.54, 1.807) is 0 Å². The van der Waals surface area contributed by atoms with E-state index in [0.717, 1.165) is 48.2 Å². The van der Waals surface area contributed by atoms with Gasteiger partial charge in [-0.05, 0) is 30.9 Å². The molecule has 0 spiro atoms. The summed E-state index contributed by atoms with van der Waals surface area (Å²) in [6.07, 6.45) is 2.31. The van der Waals surface area contributed by atoms with E-state index in [-0.39, 0.29) is 0 Å². The van der Waals surface area contributed by atoms with Crippen LogP contribution in [-0.4, -0.2) is 19.8 Å². The van der Waals surface area contributed by atoms with Gasteiger partial charge in [-0.25, -0.2) is 0 Å². The summed E-state index contributed by atoms with van der Waals surface area (Å²) in [6.45, 7) is 2.75. The topological polar surface area (TPSA) is 45.0 Å². The fourth-order valence-corrected chi connectivity index (χ4v) is 2.77. The molecular weight excluding hydrogens is 248 g/mol. The van der Waals surface area contributed by atoms with E-state index < -0.39 is 0 Å². The molecule has 1 aliphatic heterocycles. The van der Waals surface area contributed by atoms with Gasteiger partial charge in [-0.15, -0.1) is 0 Å². The van der Waals surface area contributed by atoms with Crippen molar-refractivity contribution in [2.45, 2.75) is 12.8 Å². The zero-order valence-corrected chi connectivity index (χ0v) is 11.4. The normalized spacial score (nSPS) is 18.1. The van der Waals surface area contributed by atoms with E-state index in [1.807, 2.05) is 30.3 Å². The van der Waals surface area contributed by atoms with Crippen LogP contribution in [0.4, 0.5) is 5.69 Å². The van der Waals surface area contributed by atoms with Crippen LogP contribution in [0.25, 0.3) is 10.8 Å². The number of ether oxygens (including phenoxy) is 1. The van der Waals surface area contributed by atoms with Crippen LogP contribution in [0.15, 0.2) is 36.4 Å². The van der Waals surface area contributed by atoms with Crippen LogP contribution < -0.4 is 5.32 Å². The largest absolute Gasteiger partial charge is 0.385 e. The molecule has 1 unspecified atom stereocenters. The van der Waals surface area contributed by atoms with Crippen LogP contribution in [0.1, 0.15) is 18.4 Å². The maximum Gasteiger partial charge on any atom is 0.0998 e. The molecule has 0 amide bonds. The summed E-state index contributed by atoms with van der Waals surface area (Å²) >= 11 is 0. The highest BCUT2D eigenvalue weighted by Crippen LogP contribution is 2.26. The van der Waals surface area contributed by atoms with E-state index >= 15 is 0 Å². The predicted molar refractivity (Wildman–Crippen MR) is 80.7 cm³/mol. The third kappa shape index (κ3) is 2.61. The van der Waals surface area contributed by atoms with Crippen molar-refractivity contribution in [2.24, 2.45) is 5.92 Å². The maximum atomic E-state index is 9.16. The summed E-state index contributed by atoms with van der Waals surface area (Å²) in [5, 5.41) is 14.8. The van der Waals surface area contributed by atoms with E-state index in [2.05, 4.69) is 17.5 Å². The Hall–Kier alpha value is -2.05. The van der Waals surface area contributed by atoms with Gasteiger partial charge in [-0.2, -0.15) is 5.26 Å². The molecule has 1 saturated heterocycles.